The van der Waals surface area contributed by atoms with E-state index in [1.54, 1.807) is 0 Å². The van der Waals surface area contributed by atoms with Crippen molar-refractivity contribution in [1.82, 2.24) is 4.57 Å². The lowest BCUT2D eigenvalue weighted by Gasteiger charge is -2.28. The van der Waals surface area contributed by atoms with Gasteiger partial charge in [0.15, 0.2) is 0 Å². The Morgan fingerprint density at radius 1 is 0.414 bits per heavy atom. The van der Waals surface area contributed by atoms with Gasteiger partial charge in [0.1, 0.15) is 0 Å². The quantitative estimate of drug-likeness (QED) is 0.170. The van der Waals surface area contributed by atoms with Gasteiger partial charge in [-0.15, -0.1) is 11.3 Å². The van der Waals surface area contributed by atoms with Gasteiger partial charge in [0.2, 0.25) is 0 Å². The molecule has 0 N–H and O–H groups in total. The van der Waals surface area contributed by atoms with Crippen molar-refractivity contribution in [2.75, 3.05) is 4.90 Å². The Hall–Kier alpha value is -6.94. The van der Waals surface area contributed by atoms with Crippen LogP contribution in [-0.4, -0.2) is 4.57 Å². The van der Waals surface area contributed by atoms with Gasteiger partial charge in [-0.05, 0) is 123 Å². The summed E-state index contributed by atoms with van der Waals surface area (Å²) in [6.45, 7) is 4.72. The Morgan fingerprint density at radius 2 is 1.07 bits per heavy atom. The minimum Gasteiger partial charge on any atom is -0.310 e. The summed E-state index contributed by atoms with van der Waals surface area (Å²) in [5.74, 6) is 0. The Morgan fingerprint density at radius 3 is 1.97 bits per heavy atom. The maximum absolute atomic E-state index is 2.45. The number of para-hydroxylation sites is 1. The van der Waals surface area contributed by atoms with E-state index in [0.29, 0.717) is 0 Å². The molecule has 0 spiro atoms. The van der Waals surface area contributed by atoms with Crippen LogP contribution in [0.5, 0.6) is 0 Å². The molecule has 2 aromatic heterocycles. The summed E-state index contributed by atoms with van der Waals surface area (Å²) in [6.07, 6.45) is 0. The number of thiophene rings is 1. The standard InChI is InChI=1S/C55H38N2S/c1-55(2)49-18-10-8-16-43(49)44-26-24-41(33-50(44)55)56(40-23-20-35-12-6-7-13-36(35)30-40)42-25-27-45-47-31-37(21-28-51(47)57(52(45)34-42)39-14-4-3-5-15-39)38-22-29-54-48(32-38)46-17-9-11-19-53(46)58-54/h3-34H,1-2H3. The zero-order valence-electron chi connectivity index (χ0n) is 32.3. The topological polar surface area (TPSA) is 8.17 Å². The molecule has 1 aliphatic rings. The Kier molecular flexibility index (Phi) is 7.18. The van der Waals surface area contributed by atoms with Crippen molar-refractivity contribution >= 4 is 81.1 Å². The summed E-state index contributed by atoms with van der Waals surface area (Å²) in [7, 11) is 0. The largest absolute Gasteiger partial charge is 0.310 e. The minimum atomic E-state index is -0.112. The van der Waals surface area contributed by atoms with Crippen molar-refractivity contribution < 1.29 is 0 Å². The fraction of sp³-hybridized carbons (Fsp3) is 0.0545. The highest BCUT2D eigenvalue weighted by Crippen LogP contribution is 2.51. The van der Waals surface area contributed by atoms with Gasteiger partial charge in [-0.25, -0.2) is 0 Å². The predicted molar refractivity (Wildman–Crippen MR) is 249 cm³/mol. The van der Waals surface area contributed by atoms with E-state index in [4.69, 9.17) is 0 Å². The molecule has 274 valence electrons. The van der Waals surface area contributed by atoms with E-state index in [-0.39, 0.29) is 5.41 Å². The lowest BCUT2D eigenvalue weighted by Crippen LogP contribution is -2.16. The predicted octanol–water partition coefficient (Wildman–Crippen LogP) is 15.7. The molecule has 58 heavy (non-hydrogen) atoms. The number of hydrogen-bond donors (Lipinski definition) is 0. The molecule has 11 aromatic rings. The molecule has 2 nitrogen and oxygen atoms in total. The van der Waals surface area contributed by atoms with Crippen LogP contribution in [0.3, 0.4) is 0 Å². The molecule has 0 bridgehead atoms. The molecule has 2 heterocycles. The van der Waals surface area contributed by atoms with Crippen LogP contribution in [-0.2, 0) is 5.41 Å². The molecule has 0 fully saturated rings. The molecule has 12 rings (SSSR count). The van der Waals surface area contributed by atoms with Crippen LogP contribution in [0, 0.1) is 0 Å². The first kappa shape index (κ1) is 33.2. The lowest BCUT2D eigenvalue weighted by molar-refractivity contribution is 0.660. The SMILES string of the molecule is CC1(C)c2ccccc2-c2ccc(N(c3ccc4ccccc4c3)c3ccc4c5cc(-c6ccc7sc8ccccc8c7c6)ccc5n(-c5ccccc5)c4c3)cc21. The van der Waals surface area contributed by atoms with Gasteiger partial charge in [-0.3, -0.25) is 0 Å². The number of rotatable bonds is 5. The first-order valence-electron chi connectivity index (χ1n) is 20.1. The third kappa shape index (κ3) is 4.97. The van der Waals surface area contributed by atoms with Crippen molar-refractivity contribution in [2.45, 2.75) is 19.3 Å². The van der Waals surface area contributed by atoms with Crippen LogP contribution in [0.2, 0.25) is 0 Å². The molecule has 0 amide bonds. The second-order valence-electron chi connectivity index (χ2n) is 16.2. The van der Waals surface area contributed by atoms with E-state index in [9.17, 15) is 0 Å². The smallest absolute Gasteiger partial charge is 0.0561 e. The van der Waals surface area contributed by atoms with Crippen molar-refractivity contribution in [3.05, 3.63) is 205 Å². The van der Waals surface area contributed by atoms with Crippen LogP contribution < -0.4 is 4.90 Å². The van der Waals surface area contributed by atoms with E-state index in [1.807, 2.05) is 11.3 Å². The molecule has 0 saturated carbocycles. The van der Waals surface area contributed by atoms with Gasteiger partial charge in [0.05, 0.1) is 11.0 Å². The van der Waals surface area contributed by atoms with Crippen LogP contribution in [0.1, 0.15) is 25.0 Å². The Balaban J connectivity index is 1.07. The number of hydrogen-bond acceptors (Lipinski definition) is 2. The van der Waals surface area contributed by atoms with Crippen molar-refractivity contribution in [3.8, 4) is 27.9 Å². The van der Waals surface area contributed by atoms with E-state index in [0.717, 1.165) is 22.7 Å². The van der Waals surface area contributed by atoms with Crippen LogP contribution in [0.4, 0.5) is 17.1 Å². The Bertz CT molecular complexity index is 3440. The average Bonchev–Trinajstić information content (AvgIpc) is 3.88. The second-order valence-corrected chi connectivity index (χ2v) is 17.3. The highest BCUT2D eigenvalue weighted by atomic mass is 32.1. The molecule has 0 radical (unpaired) electrons. The summed E-state index contributed by atoms with van der Waals surface area (Å²) >= 11 is 1.87. The van der Waals surface area contributed by atoms with Gasteiger partial charge < -0.3 is 9.47 Å². The summed E-state index contributed by atoms with van der Waals surface area (Å²) in [5, 5.41) is 7.58. The monoisotopic (exact) mass is 758 g/mol. The van der Waals surface area contributed by atoms with Gasteiger partial charge in [-0.2, -0.15) is 0 Å². The summed E-state index contributed by atoms with van der Waals surface area (Å²) in [5.41, 5.74) is 14.7. The van der Waals surface area contributed by atoms with Crippen molar-refractivity contribution in [2.24, 2.45) is 0 Å². The number of anilines is 3. The maximum Gasteiger partial charge on any atom is 0.0561 e. The molecule has 0 unspecified atom stereocenters. The van der Waals surface area contributed by atoms with Gasteiger partial charge in [-0.1, -0.05) is 129 Å². The van der Waals surface area contributed by atoms with Crippen LogP contribution in [0.25, 0.3) is 80.7 Å². The normalized spacial score (nSPS) is 13.1. The summed E-state index contributed by atoms with van der Waals surface area (Å²) in [6, 6.07) is 72.0. The zero-order chi connectivity index (χ0) is 38.5. The molecule has 9 aromatic carbocycles. The number of fused-ring (bicyclic) bond motifs is 10. The van der Waals surface area contributed by atoms with E-state index in [1.165, 1.54) is 86.1 Å². The van der Waals surface area contributed by atoms with Crippen molar-refractivity contribution in [1.29, 1.82) is 0 Å². The summed E-state index contributed by atoms with van der Waals surface area (Å²) in [4.78, 5) is 2.45. The third-order valence-corrected chi connectivity index (χ3v) is 13.7. The second kappa shape index (κ2) is 12.5. The molecule has 3 heteroatoms. The Labute approximate surface area is 341 Å². The molecule has 1 aliphatic carbocycles. The maximum atomic E-state index is 2.45. The molecule has 0 saturated heterocycles. The van der Waals surface area contributed by atoms with Gasteiger partial charge in [0, 0.05) is 59.1 Å². The molecule has 0 aliphatic heterocycles. The molecular weight excluding hydrogens is 721 g/mol. The number of nitrogens with zero attached hydrogens (tertiary/aromatic N) is 2. The highest BCUT2D eigenvalue weighted by Gasteiger charge is 2.35. The van der Waals surface area contributed by atoms with E-state index >= 15 is 0 Å². The average molecular weight is 759 g/mol. The van der Waals surface area contributed by atoms with Gasteiger partial charge in [0.25, 0.3) is 0 Å². The van der Waals surface area contributed by atoms with Crippen LogP contribution >= 0.6 is 11.3 Å². The fourth-order valence-corrected chi connectivity index (χ4v) is 10.8. The first-order valence-corrected chi connectivity index (χ1v) is 20.9. The molecule has 0 atom stereocenters. The van der Waals surface area contributed by atoms with E-state index < -0.39 is 0 Å². The fourth-order valence-electron chi connectivity index (χ4n) is 9.68. The highest BCUT2D eigenvalue weighted by molar-refractivity contribution is 7.25. The third-order valence-electron chi connectivity index (χ3n) is 12.5. The lowest BCUT2D eigenvalue weighted by atomic mass is 9.82. The molecular formula is C55H38N2S. The summed E-state index contributed by atoms with van der Waals surface area (Å²) < 4.78 is 5.10. The van der Waals surface area contributed by atoms with E-state index in [2.05, 4.69) is 217 Å². The van der Waals surface area contributed by atoms with Gasteiger partial charge >= 0.3 is 0 Å². The number of aromatic nitrogens is 1. The van der Waals surface area contributed by atoms with Crippen molar-refractivity contribution in [3.63, 3.8) is 0 Å². The van der Waals surface area contributed by atoms with Crippen LogP contribution in [0.15, 0.2) is 194 Å². The minimum absolute atomic E-state index is 0.112. The first-order chi connectivity index (χ1) is 28.5. The zero-order valence-corrected chi connectivity index (χ0v) is 33.1. The number of benzene rings is 9.